The molecule has 0 radical (unpaired) electrons. The fourth-order valence-corrected chi connectivity index (χ4v) is 1.44. The number of hydrogen-bond acceptors (Lipinski definition) is 3. The highest BCUT2D eigenvalue weighted by Crippen LogP contribution is 2.13. The number of hydrogen-bond donors (Lipinski definition) is 0. The normalized spacial score (nSPS) is 11.1. The summed E-state index contributed by atoms with van der Waals surface area (Å²) in [7, 11) is 0. The fraction of sp³-hybridized carbons (Fsp3) is 0. The van der Waals surface area contributed by atoms with Gasteiger partial charge in [0, 0.05) is 0 Å². The molecule has 13 heavy (non-hydrogen) atoms. The minimum Gasteiger partial charge on any atom is -0.280 e. The second kappa shape index (κ2) is 2.26. The van der Waals surface area contributed by atoms with Crippen LogP contribution in [0.25, 0.3) is 16.7 Å². The van der Waals surface area contributed by atoms with Crippen LogP contribution in [0.3, 0.4) is 0 Å². The van der Waals surface area contributed by atoms with E-state index in [1.54, 1.807) is 12.5 Å². The van der Waals surface area contributed by atoms with E-state index in [1.807, 2.05) is 28.7 Å². The molecule has 2 aromatic heterocycles. The van der Waals surface area contributed by atoms with E-state index in [2.05, 4.69) is 15.2 Å². The predicted molar refractivity (Wildman–Crippen MR) is 48.3 cm³/mol. The molecule has 0 atom stereocenters. The van der Waals surface area contributed by atoms with Crippen LogP contribution in [-0.2, 0) is 0 Å². The number of benzene rings is 1. The van der Waals surface area contributed by atoms with Crippen molar-refractivity contribution in [2.45, 2.75) is 0 Å². The van der Waals surface area contributed by atoms with Gasteiger partial charge >= 0.3 is 0 Å². The topological polar surface area (TPSA) is 43.1 Å². The highest BCUT2D eigenvalue weighted by atomic mass is 15.2. The number of para-hydroxylation sites is 2. The summed E-state index contributed by atoms with van der Waals surface area (Å²) in [6.07, 6.45) is 3.32. The first-order chi connectivity index (χ1) is 6.45. The molecule has 4 heteroatoms. The average Bonchev–Trinajstić information content (AvgIpc) is 2.56. The largest absolute Gasteiger partial charge is 0.280 e. The van der Waals surface area contributed by atoms with Crippen molar-refractivity contribution in [3.8, 4) is 0 Å². The molecule has 2 heterocycles. The van der Waals surface area contributed by atoms with E-state index in [0.717, 1.165) is 16.7 Å². The summed E-state index contributed by atoms with van der Waals surface area (Å²) in [4.78, 5) is 4.38. The molecule has 3 rings (SSSR count). The Bertz CT molecular complexity index is 519. The third-order valence-corrected chi connectivity index (χ3v) is 2.03. The first kappa shape index (κ1) is 6.54. The van der Waals surface area contributed by atoms with Gasteiger partial charge in [0.1, 0.15) is 6.33 Å². The highest BCUT2D eigenvalue weighted by Gasteiger charge is 2.01. The summed E-state index contributed by atoms with van der Waals surface area (Å²) < 4.78 is 1.92. The lowest BCUT2D eigenvalue weighted by molar-refractivity contribution is 0.955. The Balaban J connectivity index is 2.64. The van der Waals surface area contributed by atoms with Crippen LogP contribution in [0.15, 0.2) is 36.8 Å². The van der Waals surface area contributed by atoms with Crippen LogP contribution in [0.5, 0.6) is 0 Å². The Morgan fingerprint density at radius 3 is 3.00 bits per heavy atom. The third-order valence-electron chi connectivity index (χ3n) is 2.03. The summed E-state index contributed by atoms with van der Waals surface area (Å²) in [5.41, 5.74) is 2.86. The van der Waals surface area contributed by atoms with Crippen molar-refractivity contribution < 1.29 is 0 Å². The van der Waals surface area contributed by atoms with Crippen molar-refractivity contribution in [1.82, 2.24) is 19.6 Å². The van der Waals surface area contributed by atoms with Crippen molar-refractivity contribution in [3.05, 3.63) is 36.8 Å². The van der Waals surface area contributed by atoms with E-state index in [4.69, 9.17) is 0 Å². The van der Waals surface area contributed by atoms with Gasteiger partial charge in [-0.05, 0) is 12.1 Å². The highest BCUT2D eigenvalue weighted by molar-refractivity contribution is 5.79. The van der Waals surface area contributed by atoms with Crippen LogP contribution < -0.4 is 0 Å². The molecule has 0 fully saturated rings. The standard InChI is InChI=1S/C9H6N4/c1-2-4-8-7(3-1)12-9-5-10-11-6-13(8)9/h1-6H. The van der Waals surface area contributed by atoms with E-state index in [9.17, 15) is 0 Å². The summed E-state index contributed by atoms with van der Waals surface area (Å²) in [5.74, 6) is 0. The van der Waals surface area contributed by atoms with Gasteiger partial charge in [0.05, 0.1) is 17.2 Å². The number of rotatable bonds is 0. The summed E-state index contributed by atoms with van der Waals surface area (Å²) in [6.45, 7) is 0. The van der Waals surface area contributed by atoms with Gasteiger partial charge in [-0.2, -0.15) is 5.10 Å². The molecule has 0 saturated heterocycles. The molecule has 0 bridgehead atoms. The van der Waals surface area contributed by atoms with Crippen LogP contribution >= 0.6 is 0 Å². The maximum absolute atomic E-state index is 4.38. The van der Waals surface area contributed by atoms with Gasteiger partial charge in [-0.15, -0.1) is 5.10 Å². The number of aromatic nitrogens is 4. The molecule has 0 amide bonds. The number of imidazole rings is 1. The lowest BCUT2D eigenvalue weighted by atomic mass is 10.3. The summed E-state index contributed by atoms with van der Waals surface area (Å²) in [6, 6.07) is 7.94. The smallest absolute Gasteiger partial charge is 0.159 e. The minimum absolute atomic E-state index is 0.830. The zero-order valence-corrected chi connectivity index (χ0v) is 6.75. The van der Waals surface area contributed by atoms with Crippen LogP contribution in [0.4, 0.5) is 0 Å². The Morgan fingerprint density at radius 1 is 1.08 bits per heavy atom. The Hall–Kier alpha value is -1.97. The summed E-state index contributed by atoms with van der Waals surface area (Å²) >= 11 is 0. The van der Waals surface area contributed by atoms with Crippen molar-refractivity contribution in [3.63, 3.8) is 0 Å². The number of nitrogens with zero attached hydrogens (tertiary/aromatic N) is 4. The molecule has 4 nitrogen and oxygen atoms in total. The minimum atomic E-state index is 0.830. The van der Waals surface area contributed by atoms with Gasteiger partial charge in [0.25, 0.3) is 0 Å². The molecule has 62 valence electrons. The molecule has 0 spiro atoms. The van der Waals surface area contributed by atoms with Crippen molar-refractivity contribution in [2.24, 2.45) is 0 Å². The molecular weight excluding hydrogens is 164 g/mol. The molecule has 0 unspecified atom stereocenters. The van der Waals surface area contributed by atoms with Gasteiger partial charge < -0.3 is 0 Å². The first-order valence-corrected chi connectivity index (χ1v) is 3.99. The molecule has 0 aliphatic carbocycles. The second-order valence-electron chi connectivity index (χ2n) is 2.80. The van der Waals surface area contributed by atoms with E-state index in [1.165, 1.54) is 0 Å². The van der Waals surface area contributed by atoms with Gasteiger partial charge in [0.2, 0.25) is 0 Å². The van der Waals surface area contributed by atoms with Crippen molar-refractivity contribution >= 4 is 16.7 Å². The zero-order valence-electron chi connectivity index (χ0n) is 6.75. The third kappa shape index (κ3) is 0.823. The van der Waals surface area contributed by atoms with Crippen molar-refractivity contribution in [1.29, 1.82) is 0 Å². The maximum atomic E-state index is 4.38. The van der Waals surface area contributed by atoms with Gasteiger partial charge in [-0.3, -0.25) is 4.40 Å². The molecule has 3 aromatic rings. The van der Waals surface area contributed by atoms with Gasteiger partial charge in [0.15, 0.2) is 5.65 Å². The van der Waals surface area contributed by atoms with Crippen LogP contribution in [0, 0.1) is 0 Å². The molecule has 1 aromatic carbocycles. The first-order valence-electron chi connectivity index (χ1n) is 3.99. The average molecular weight is 170 g/mol. The molecular formula is C9H6N4. The molecule has 0 aliphatic heterocycles. The lowest BCUT2D eigenvalue weighted by Crippen LogP contribution is -1.87. The quantitative estimate of drug-likeness (QED) is 0.510. The fourth-order valence-electron chi connectivity index (χ4n) is 1.44. The maximum Gasteiger partial charge on any atom is 0.159 e. The molecule has 0 N–H and O–H groups in total. The molecule has 0 saturated carbocycles. The van der Waals surface area contributed by atoms with Gasteiger partial charge in [-0.1, -0.05) is 12.1 Å². The van der Waals surface area contributed by atoms with Crippen molar-refractivity contribution in [2.75, 3.05) is 0 Å². The second-order valence-corrected chi connectivity index (χ2v) is 2.80. The monoisotopic (exact) mass is 170 g/mol. The van der Waals surface area contributed by atoms with Crippen LogP contribution in [0.2, 0.25) is 0 Å². The lowest BCUT2D eigenvalue weighted by Gasteiger charge is -1.90. The SMILES string of the molecule is c1ccc2c(c1)nc1cnncn12. The Kier molecular flexibility index (Phi) is 1.14. The Morgan fingerprint density at radius 2 is 2.00 bits per heavy atom. The number of fused-ring (bicyclic) bond motifs is 3. The van der Waals surface area contributed by atoms with E-state index in [0.29, 0.717) is 0 Å². The van der Waals surface area contributed by atoms with Crippen LogP contribution in [0.1, 0.15) is 0 Å². The van der Waals surface area contributed by atoms with E-state index >= 15 is 0 Å². The Labute approximate surface area is 73.9 Å². The van der Waals surface area contributed by atoms with E-state index < -0.39 is 0 Å². The van der Waals surface area contributed by atoms with Gasteiger partial charge in [-0.25, -0.2) is 4.98 Å². The zero-order chi connectivity index (χ0) is 8.67. The molecule has 0 aliphatic rings. The van der Waals surface area contributed by atoms with E-state index in [-0.39, 0.29) is 0 Å². The summed E-state index contributed by atoms with van der Waals surface area (Å²) in [5, 5.41) is 7.58. The predicted octanol–water partition coefficient (Wildman–Crippen LogP) is 1.28. The van der Waals surface area contributed by atoms with Crippen LogP contribution in [-0.4, -0.2) is 19.6 Å².